The average Bonchev–Trinajstić information content (AvgIpc) is 3.35. The van der Waals surface area contributed by atoms with Crippen molar-refractivity contribution in [3.05, 3.63) is 71.0 Å². The van der Waals surface area contributed by atoms with E-state index in [0.29, 0.717) is 16.9 Å². The molecule has 8 nitrogen and oxygen atoms in total. The van der Waals surface area contributed by atoms with Gasteiger partial charge in [-0.15, -0.1) is 0 Å². The summed E-state index contributed by atoms with van der Waals surface area (Å²) in [7, 11) is 0. The van der Waals surface area contributed by atoms with Gasteiger partial charge in [0, 0.05) is 5.39 Å². The van der Waals surface area contributed by atoms with Gasteiger partial charge in [-0.05, 0) is 30.2 Å². The minimum Gasteiger partial charge on any atom is -0.448 e. The molecule has 0 aliphatic carbocycles. The molecule has 2 aromatic carbocycles. The largest absolute Gasteiger partial charge is 0.448 e. The summed E-state index contributed by atoms with van der Waals surface area (Å²) >= 11 is 0. The van der Waals surface area contributed by atoms with E-state index in [4.69, 9.17) is 4.42 Å². The van der Waals surface area contributed by atoms with Gasteiger partial charge in [0.15, 0.2) is 0 Å². The summed E-state index contributed by atoms with van der Waals surface area (Å²) in [6.45, 7) is 3.85. The Labute approximate surface area is 176 Å². The molecule has 0 aliphatic rings. The number of nitrogens with zero attached hydrogens (tertiary/aromatic N) is 3. The van der Waals surface area contributed by atoms with E-state index in [-0.39, 0.29) is 35.6 Å². The Morgan fingerprint density at radius 2 is 1.94 bits per heavy atom. The summed E-state index contributed by atoms with van der Waals surface area (Å²) in [4.78, 5) is 37.9. The van der Waals surface area contributed by atoms with Gasteiger partial charge in [0.25, 0.3) is 5.56 Å². The molecule has 1 amide bonds. The third-order valence-corrected chi connectivity index (χ3v) is 5.35. The molecule has 156 valence electrons. The Morgan fingerprint density at radius 1 is 1.16 bits per heavy atom. The quantitative estimate of drug-likeness (QED) is 0.457. The highest BCUT2D eigenvalue weighted by atomic mass is 16.3. The zero-order valence-corrected chi connectivity index (χ0v) is 17.1. The van der Waals surface area contributed by atoms with Crippen molar-refractivity contribution in [3.8, 4) is 0 Å². The summed E-state index contributed by atoms with van der Waals surface area (Å²) < 4.78 is 6.95. The third-order valence-electron chi connectivity index (χ3n) is 5.35. The number of imidazole rings is 1. The minimum atomic E-state index is -0.388. The molecule has 0 spiro atoms. The molecule has 0 saturated heterocycles. The lowest BCUT2D eigenvalue weighted by atomic mass is 10.0. The Hall–Kier alpha value is -3.94. The van der Waals surface area contributed by atoms with Gasteiger partial charge in [-0.3, -0.25) is 14.2 Å². The maximum absolute atomic E-state index is 12.9. The average molecular weight is 415 g/mol. The highest BCUT2D eigenvalue weighted by molar-refractivity contribution is 6.01. The summed E-state index contributed by atoms with van der Waals surface area (Å²) in [6, 6.07) is 14.7. The number of H-pyrrole nitrogens is 1. The van der Waals surface area contributed by atoms with E-state index in [9.17, 15) is 9.59 Å². The number of furan rings is 1. The van der Waals surface area contributed by atoms with Crippen molar-refractivity contribution in [2.75, 3.05) is 0 Å². The molecule has 0 radical (unpaired) electrons. The van der Waals surface area contributed by atoms with Crippen LogP contribution in [0.4, 0.5) is 0 Å². The fourth-order valence-corrected chi connectivity index (χ4v) is 3.77. The molecule has 5 aromatic rings. The number of nitrogens with one attached hydrogen (secondary N) is 2. The van der Waals surface area contributed by atoms with Crippen LogP contribution in [0.15, 0.2) is 64.1 Å². The molecule has 0 bridgehead atoms. The lowest BCUT2D eigenvalue weighted by molar-refractivity contribution is -0.122. The van der Waals surface area contributed by atoms with Crippen molar-refractivity contribution in [3.63, 3.8) is 0 Å². The minimum absolute atomic E-state index is 0.0946. The van der Waals surface area contributed by atoms with Crippen molar-refractivity contribution >= 4 is 39.0 Å². The monoisotopic (exact) mass is 415 g/mol. The topological polar surface area (TPSA) is 106 Å². The first-order chi connectivity index (χ1) is 15.0. The van der Waals surface area contributed by atoms with Gasteiger partial charge in [-0.2, -0.15) is 0 Å². The first-order valence-electron chi connectivity index (χ1n) is 10.1. The number of carbonyl (C=O) groups excluding carboxylic acids is 1. The molecule has 1 atom stereocenters. The van der Waals surface area contributed by atoms with Crippen LogP contribution in [0.3, 0.4) is 0 Å². The van der Waals surface area contributed by atoms with Gasteiger partial charge in [-0.25, -0.2) is 9.97 Å². The zero-order valence-electron chi connectivity index (χ0n) is 17.1. The van der Waals surface area contributed by atoms with E-state index in [0.717, 1.165) is 16.4 Å². The highest BCUT2D eigenvalue weighted by Crippen LogP contribution is 2.24. The molecule has 2 N–H and O–H groups in total. The van der Waals surface area contributed by atoms with Crippen molar-refractivity contribution in [2.45, 2.75) is 26.4 Å². The number of benzene rings is 2. The molecule has 0 saturated carbocycles. The van der Waals surface area contributed by atoms with E-state index < -0.39 is 0 Å². The van der Waals surface area contributed by atoms with Crippen molar-refractivity contribution in [2.24, 2.45) is 5.92 Å². The second-order valence-corrected chi connectivity index (χ2v) is 7.88. The fraction of sp³-hybridized carbons (Fsp3) is 0.217. The molecule has 5 rings (SSSR count). The summed E-state index contributed by atoms with van der Waals surface area (Å²) in [5, 5.41) is 3.77. The predicted molar refractivity (Wildman–Crippen MR) is 118 cm³/mol. The Bertz CT molecular complexity index is 1440. The maximum Gasteiger partial charge on any atom is 0.297 e. The van der Waals surface area contributed by atoms with E-state index in [1.165, 1.54) is 10.9 Å². The van der Waals surface area contributed by atoms with Crippen LogP contribution in [0.1, 0.15) is 25.7 Å². The number of rotatable bonds is 5. The lowest BCUT2D eigenvalue weighted by Crippen LogP contribution is -2.37. The van der Waals surface area contributed by atoms with Gasteiger partial charge in [-0.1, -0.05) is 38.1 Å². The molecule has 0 fully saturated rings. The van der Waals surface area contributed by atoms with Crippen LogP contribution in [-0.4, -0.2) is 25.4 Å². The first-order valence-corrected chi connectivity index (χ1v) is 10.1. The Kier molecular flexibility index (Phi) is 4.54. The summed E-state index contributed by atoms with van der Waals surface area (Å²) in [5.41, 5.74) is 2.60. The number of aromatic nitrogens is 4. The number of amides is 1. The number of hydrogen-bond acceptors (Lipinski definition) is 5. The first kappa shape index (κ1) is 19.0. The molecule has 31 heavy (non-hydrogen) atoms. The number of hydrogen-bond donors (Lipinski definition) is 2. The van der Waals surface area contributed by atoms with Crippen molar-refractivity contribution in [1.82, 2.24) is 24.8 Å². The lowest BCUT2D eigenvalue weighted by Gasteiger charge is -2.20. The van der Waals surface area contributed by atoms with E-state index in [1.807, 2.05) is 56.3 Å². The molecule has 3 aromatic heterocycles. The normalized spacial score (nSPS) is 12.7. The zero-order chi connectivity index (χ0) is 21.5. The molecule has 0 aliphatic heterocycles. The molecular formula is C23H21N5O3. The van der Waals surface area contributed by atoms with Gasteiger partial charge >= 0.3 is 0 Å². The van der Waals surface area contributed by atoms with E-state index in [2.05, 4.69) is 20.3 Å². The van der Waals surface area contributed by atoms with Crippen LogP contribution >= 0.6 is 0 Å². The van der Waals surface area contributed by atoms with Crippen LogP contribution in [0.25, 0.3) is 33.1 Å². The van der Waals surface area contributed by atoms with Crippen LogP contribution < -0.4 is 10.9 Å². The summed E-state index contributed by atoms with van der Waals surface area (Å²) in [5.74, 6) is 0.471. The van der Waals surface area contributed by atoms with Crippen LogP contribution in [-0.2, 0) is 11.3 Å². The van der Waals surface area contributed by atoms with E-state index >= 15 is 0 Å². The van der Waals surface area contributed by atoms with Crippen LogP contribution in [0, 0.1) is 5.92 Å². The van der Waals surface area contributed by atoms with E-state index in [1.54, 1.807) is 6.07 Å². The van der Waals surface area contributed by atoms with Gasteiger partial charge in [0.1, 0.15) is 23.5 Å². The molecule has 1 unspecified atom stereocenters. The number of carbonyl (C=O) groups is 1. The fourth-order valence-electron chi connectivity index (χ4n) is 3.77. The number of para-hydroxylation sites is 3. The van der Waals surface area contributed by atoms with Gasteiger partial charge < -0.3 is 14.7 Å². The van der Waals surface area contributed by atoms with Crippen molar-refractivity contribution in [1.29, 1.82) is 0 Å². The smallest absolute Gasteiger partial charge is 0.297 e. The molecule has 3 heterocycles. The maximum atomic E-state index is 12.9. The van der Waals surface area contributed by atoms with Crippen molar-refractivity contribution < 1.29 is 9.21 Å². The number of aromatic amines is 1. The highest BCUT2D eigenvalue weighted by Gasteiger charge is 2.22. The Balaban J connectivity index is 1.42. The standard InChI is InChI=1S/C23H21N5O3/c1-13(2)19(22-25-15-8-4-5-9-16(15)26-22)27-18(29)11-28-12-24-20-14-7-3-6-10-17(14)31-21(20)23(28)30/h3-10,12-13,19H,11H2,1-2H3,(H,25,26)(H,27,29). The third kappa shape index (κ3) is 3.35. The second-order valence-electron chi connectivity index (χ2n) is 7.88. The Morgan fingerprint density at radius 3 is 2.74 bits per heavy atom. The summed E-state index contributed by atoms with van der Waals surface area (Å²) in [6.07, 6.45) is 1.39. The van der Waals surface area contributed by atoms with Crippen LogP contribution in [0.2, 0.25) is 0 Å². The SMILES string of the molecule is CC(C)C(NC(=O)Cn1cnc2c(oc3ccccc32)c1=O)c1nc2ccccc2[nH]1. The predicted octanol–water partition coefficient (Wildman–Crippen LogP) is 3.53. The molecule has 8 heteroatoms. The van der Waals surface area contributed by atoms with Crippen LogP contribution in [0.5, 0.6) is 0 Å². The second kappa shape index (κ2) is 7.39. The van der Waals surface area contributed by atoms with Gasteiger partial charge in [0.2, 0.25) is 11.5 Å². The van der Waals surface area contributed by atoms with Gasteiger partial charge in [0.05, 0.1) is 23.4 Å². The molecular weight excluding hydrogens is 394 g/mol. The number of fused-ring (bicyclic) bond motifs is 4.